The van der Waals surface area contributed by atoms with Crippen molar-refractivity contribution in [1.82, 2.24) is 4.90 Å². The molecule has 0 amide bonds. The number of thioether (sulfide) groups is 1. The second-order valence-corrected chi connectivity index (χ2v) is 4.73. The van der Waals surface area contributed by atoms with Crippen molar-refractivity contribution in [3.63, 3.8) is 0 Å². The molecule has 0 saturated carbocycles. The van der Waals surface area contributed by atoms with Crippen LogP contribution in [0.25, 0.3) is 0 Å². The average Bonchev–Trinajstić information content (AvgIpc) is 2.30. The van der Waals surface area contributed by atoms with Crippen molar-refractivity contribution in [2.45, 2.75) is 19.3 Å². The van der Waals surface area contributed by atoms with Crippen molar-refractivity contribution in [2.24, 2.45) is 10.7 Å². The Hall–Kier alpha value is -0.0900. The highest BCUT2D eigenvalue weighted by molar-refractivity contribution is 14.0. The van der Waals surface area contributed by atoms with Gasteiger partial charge in [-0.2, -0.15) is 11.8 Å². The summed E-state index contributed by atoms with van der Waals surface area (Å²) in [7, 11) is 0. The lowest BCUT2D eigenvalue weighted by Crippen LogP contribution is -2.42. The molecular weight excluding hydrogens is 333 g/mol. The van der Waals surface area contributed by atoms with Crippen LogP contribution in [0.15, 0.2) is 4.99 Å². The Balaban J connectivity index is 0.00000225. The third kappa shape index (κ3) is 6.48. The Labute approximate surface area is 120 Å². The molecule has 16 heavy (non-hydrogen) atoms. The molecule has 1 saturated heterocycles. The van der Waals surface area contributed by atoms with Crippen LogP contribution < -0.4 is 5.73 Å². The number of aliphatic imine (C=N–C) groups is 1. The van der Waals surface area contributed by atoms with E-state index in [-0.39, 0.29) is 24.0 Å². The molecule has 0 aromatic carbocycles. The lowest BCUT2D eigenvalue weighted by Gasteiger charge is -2.27. The molecule has 3 nitrogen and oxygen atoms in total. The second-order valence-electron chi connectivity index (χ2n) is 3.50. The lowest BCUT2D eigenvalue weighted by molar-refractivity contribution is 0.455. The number of halogens is 1. The highest BCUT2D eigenvalue weighted by Crippen LogP contribution is 2.08. The van der Waals surface area contributed by atoms with Gasteiger partial charge in [-0.05, 0) is 12.8 Å². The molecule has 0 aromatic heterocycles. The fourth-order valence-electron chi connectivity index (χ4n) is 1.42. The minimum absolute atomic E-state index is 0. The zero-order valence-electron chi connectivity index (χ0n) is 9.52. The summed E-state index contributed by atoms with van der Waals surface area (Å²) in [4.78, 5) is 6.53. The topological polar surface area (TPSA) is 41.6 Å². The second kappa shape index (κ2) is 10.1. The molecule has 1 fully saturated rings. The van der Waals surface area contributed by atoms with Crippen LogP contribution in [0, 0.1) is 12.3 Å². The molecule has 0 aromatic rings. The Morgan fingerprint density at radius 2 is 2.06 bits per heavy atom. The normalized spacial score (nSPS) is 16.4. The quantitative estimate of drug-likeness (QED) is 0.275. The van der Waals surface area contributed by atoms with E-state index in [4.69, 9.17) is 12.2 Å². The van der Waals surface area contributed by atoms with Gasteiger partial charge >= 0.3 is 0 Å². The predicted octanol–water partition coefficient (Wildman–Crippen LogP) is 1.77. The van der Waals surface area contributed by atoms with Crippen molar-refractivity contribution in [1.29, 1.82) is 0 Å². The molecular formula is C11H20IN3S. The molecule has 1 aliphatic heterocycles. The summed E-state index contributed by atoms with van der Waals surface area (Å²) in [6.07, 6.45) is 8.09. The molecule has 0 bridgehead atoms. The van der Waals surface area contributed by atoms with Gasteiger partial charge in [-0.15, -0.1) is 36.3 Å². The molecule has 0 spiro atoms. The Kier molecular flexibility index (Phi) is 10.0. The Morgan fingerprint density at radius 1 is 1.38 bits per heavy atom. The van der Waals surface area contributed by atoms with Crippen LogP contribution in [-0.2, 0) is 0 Å². The van der Waals surface area contributed by atoms with Crippen LogP contribution >= 0.6 is 35.7 Å². The molecule has 5 heteroatoms. The van der Waals surface area contributed by atoms with Gasteiger partial charge in [0, 0.05) is 37.6 Å². The third-order valence-corrected chi connectivity index (χ3v) is 3.28. The summed E-state index contributed by atoms with van der Waals surface area (Å²) in [5.74, 6) is 5.65. The number of hydrogen-bond acceptors (Lipinski definition) is 2. The van der Waals surface area contributed by atoms with Gasteiger partial charge in [-0.25, -0.2) is 0 Å². The summed E-state index contributed by atoms with van der Waals surface area (Å²) in [5.41, 5.74) is 5.89. The molecule has 0 radical (unpaired) electrons. The molecule has 1 aliphatic rings. The maximum atomic E-state index is 5.89. The number of rotatable bonds is 4. The standard InChI is InChI=1S/C11H19N3S.HI/c1-2-3-4-5-6-13-11(12)14-7-9-15-10-8-14;/h1H,3-10H2,(H2,12,13);1H. The van der Waals surface area contributed by atoms with E-state index < -0.39 is 0 Å². The van der Waals surface area contributed by atoms with E-state index in [0.29, 0.717) is 5.96 Å². The van der Waals surface area contributed by atoms with E-state index in [2.05, 4.69) is 15.8 Å². The number of unbranched alkanes of at least 4 members (excludes halogenated alkanes) is 2. The van der Waals surface area contributed by atoms with Crippen LogP contribution in [0.5, 0.6) is 0 Å². The number of nitrogens with two attached hydrogens (primary N) is 1. The first-order valence-electron chi connectivity index (χ1n) is 5.40. The van der Waals surface area contributed by atoms with Crippen molar-refractivity contribution in [3.05, 3.63) is 0 Å². The molecule has 0 unspecified atom stereocenters. The molecule has 2 N–H and O–H groups in total. The summed E-state index contributed by atoms with van der Waals surface area (Å²) in [6, 6.07) is 0. The summed E-state index contributed by atoms with van der Waals surface area (Å²) in [5, 5.41) is 0. The largest absolute Gasteiger partial charge is 0.370 e. The molecule has 92 valence electrons. The average molecular weight is 353 g/mol. The number of hydrogen-bond donors (Lipinski definition) is 1. The summed E-state index contributed by atoms with van der Waals surface area (Å²) < 4.78 is 0. The lowest BCUT2D eigenvalue weighted by atomic mass is 10.2. The van der Waals surface area contributed by atoms with Crippen LogP contribution in [0.2, 0.25) is 0 Å². The van der Waals surface area contributed by atoms with E-state index in [0.717, 1.165) is 50.4 Å². The van der Waals surface area contributed by atoms with E-state index >= 15 is 0 Å². The molecule has 0 aliphatic carbocycles. The first-order chi connectivity index (χ1) is 7.34. The maximum absolute atomic E-state index is 5.89. The van der Waals surface area contributed by atoms with Crippen molar-refractivity contribution >= 4 is 41.7 Å². The van der Waals surface area contributed by atoms with Crippen LogP contribution in [0.1, 0.15) is 19.3 Å². The highest BCUT2D eigenvalue weighted by Gasteiger charge is 2.11. The maximum Gasteiger partial charge on any atom is 0.191 e. The molecule has 0 atom stereocenters. The Morgan fingerprint density at radius 3 is 2.69 bits per heavy atom. The van der Waals surface area contributed by atoms with Crippen LogP contribution in [0.4, 0.5) is 0 Å². The fourth-order valence-corrected chi connectivity index (χ4v) is 2.33. The van der Waals surface area contributed by atoms with Crippen molar-refractivity contribution < 1.29 is 0 Å². The van der Waals surface area contributed by atoms with Gasteiger partial charge in [0.15, 0.2) is 5.96 Å². The minimum atomic E-state index is 0. The van der Waals surface area contributed by atoms with Crippen LogP contribution in [-0.4, -0.2) is 42.0 Å². The summed E-state index contributed by atoms with van der Waals surface area (Å²) >= 11 is 1.98. The minimum Gasteiger partial charge on any atom is -0.370 e. The smallest absolute Gasteiger partial charge is 0.191 e. The zero-order chi connectivity index (χ0) is 10.9. The van der Waals surface area contributed by atoms with Gasteiger partial charge in [0.05, 0.1) is 0 Å². The first-order valence-corrected chi connectivity index (χ1v) is 6.56. The number of guanidine groups is 1. The first kappa shape index (κ1) is 15.9. The van der Waals surface area contributed by atoms with E-state index in [9.17, 15) is 0 Å². The van der Waals surface area contributed by atoms with E-state index in [1.165, 1.54) is 0 Å². The number of nitrogens with zero attached hydrogens (tertiary/aromatic N) is 2. The van der Waals surface area contributed by atoms with Gasteiger partial charge in [-0.1, -0.05) is 0 Å². The number of terminal acetylenes is 1. The van der Waals surface area contributed by atoms with Crippen molar-refractivity contribution in [3.8, 4) is 12.3 Å². The summed E-state index contributed by atoms with van der Waals surface area (Å²) in [6.45, 7) is 2.87. The molecule has 1 heterocycles. The highest BCUT2D eigenvalue weighted by atomic mass is 127. The Bertz CT molecular complexity index is 244. The zero-order valence-corrected chi connectivity index (χ0v) is 12.7. The van der Waals surface area contributed by atoms with Gasteiger partial charge < -0.3 is 10.6 Å². The van der Waals surface area contributed by atoms with Gasteiger partial charge in [0.2, 0.25) is 0 Å². The van der Waals surface area contributed by atoms with Crippen molar-refractivity contribution in [2.75, 3.05) is 31.1 Å². The third-order valence-electron chi connectivity index (χ3n) is 2.34. The SMILES string of the molecule is C#CCCCCN=C(N)N1CCSCC1.I. The van der Waals surface area contributed by atoms with E-state index in [1.807, 2.05) is 11.8 Å². The van der Waals surface area contributed by atoms with Gasteiger partial charge in [0.1, 0.15) is 0 Å². The van der Waals surface area contributed by atoms with Gasteiger partial charge in [-0.3, -0.25) is 4.99 Å². The monoisotopic (exact) mass is 353 g/mol. The molecule has 1 rings (SSSR count). The fraction of sp³-hybridized carbons (Fsp3) is 0.727. The van der Waals surface area contributed by atoms with Crippen LogP contribution in [0.3, 0.4) is 0 Å². The van der Waals surface area contributed by atoms with E-state index in [1.54, 1.807) is 0 Å². The van der Waals surface area contributed by atoms with Gasteiger partial charge in [0.25, 0.3) is 0 Å². The predicted molar refractivity (Wildman–Crippen MR) is 83.5 cm³/mol.